The average molecular weight is 1140 g/mol. The van der Waals surface area contributed by atoms with Crippen LogP contribution in [0.25, 0.3) is 0 Å². The molecule has 0 heterocycles. The summed E-state index contributed by atoms with van der Waals surface area (Å²) < 4.78 is 16.9. The first kappa shape index (κ1) is 77.8. The van der Waals surface area contributed by atoms with Gasteiger partial charge in [0.15, 0.2) is 6.10 Å². The molecule has 0 radical (unpaired) electrons. The molecule has 0 bridgehead atoms. The summed E-state index contributed by atoms with van der Waals surface area (Å²) >= 11 is 0. The maximum absolute atomic E-state index is 12.9. The minimum atomic E-state index is -0.788. The third-order valence-electron chi connectivity index (χ3n) is 14.7. The number of hydrogen-bond acceptors (Lipinski definition) is 6. The van der Waals surface area contributed by atoms with Gasteiger partial charge in [-0.05, 0) is 128 Å². The standard InChI is InChI=1S/C76H128O6/c1-4-7-10-13-16-19-22-25-27-29-30-31-32-33-34-35-36-37-38-39-40-41-42-43-44-45-46-48-49-51-54-57-60-63-66-69-75(78)81-72-73(71-80-74(77)68-65-62-59-56-53-24-21-18-15-12-9-6-3)82-76(79)70-67-64-61-58-55-52-50-47-28-26-23-20-17-14-11-8-5-2/h7-8,10-11,16-21,25-28,30-31,33-34,36-37,73H,4-6,9,12-15,22-24,29,32,35,38-72H2,1-3H3/b10-7-,11-8-,19-16-,20-17-,21-18-,27-25-,28-26-,31-30-,34-33-,37-36-. The molecule has 6 heteroatoms. The van der Waals surface area contributed by atoms with Crippen LogP contribution in [0.4, 0.5) is 0 Å². The van der Waals surface area contributed by atoms with E-state index in [1.54, 1.807) is 0 Å². The first-order chi connectivity index (χ1) is 40.5. The van der Waals surface area contributed by atoms with Crippen LogP contribution in [-0.2, 0) is 28.6 Å². The van der Waals surface area contributed by atoms with E-state index >= 15 is 0 Å². The quantitative estimate of drug-likeness (QED) is 0.0261. The third kappa shape index (κ3) is 66.6. The predicted molar refractivity (Wildman–Crippen MR) is 357 cm³/mol. The molecular weight excluding hydrogens is 1010 g/mol. The highest BCUT2D eigenvalue weighted by atomic mass is 16.6. The molecule has 0 spiro atoms. The van der Waals surface area contributed by atoms with Crippen LogP contribution >= 0.6 is 0 Å². The second-order valence-electron chi connectivity index (χ2n) is 22.7. The van der Waals surface area contributed by atoms with Crippen molar-refractivity contribution in [3.63, 3.8) is 0 Å². The second-order valence-corrected chi connectivity index (χ2v) is 22.7. The molecule has 0 aromatic rings. The normalized spacial score (nSPS) is 12.9. The van der Waals surface area contributed by atoms with E-state index < -0.39 is 6.10 Å². The molecule has 0 fully saturated rings. The fourth-order valence-electron chi connectivity index (χ4n) is 9.57. The van der Waals surface area contributed by atoms with Crippen LogP contribution in [0.1, 0.15) is 323 Å². The summed E-state index contributed by atoms with van der Waals surface area (Å²) in [6, 6.07) is 0. The molecule has 0 rings (SSSR count). The van der Waals surface area contributed by atoms with Crippen LogP contribution < -0.4 is 0 Å². The summed E-state index contributed by atoms with van der Waals surface area (Å²) in [7, 11) is 0. The summed E-state index contributed by atoms with van der Waals surface area (Å²) in [6.07, 6.45) is 96.6. The molecule has 0 saturated carbocycles. The SMILES string of the molecule is CC/C=C\C/C=C\C/C=C\C/C=C\C/C=C\C/C=C\CCCCCCCCCCCCCCCCCCC(=O)OCC(COC(=O)CCCCCCC/C=C\CCCCC)OC(=O)CCCCCCCCC/C=C\C/C=C\C/C=C\CC. The van der Waals surface area contributed by atoms with Gasteiger partial charge in [-0.2, -0.15) is 0 Å². The third-order valence-corrected chi connectivity index (χ3v) is 14.7. The maximum atomic E-state index is 12.9. The average Bonchev–Trinajstić information content (AvgIpc) is 3.47. The number of carbonyl (C=O) groups excluding carboxylic acids is 3. The Kier molecular flexibility index (Phi) is 65.8. The molecule has 1 atom stereocenters. The highest BCUT2D eigenvalue weighted by Crippen LogP contribution is 2.17. The van der Waals surface area contributed by atoms with E-state index in [9.17, 15) is 14.4 Å². The van der Waals surface area contributed by atoms with Gasteiger partial charge in [-0.3, -0.25) is 14.4 Å². The molecule has 1 unspecified atom stereocenters. The number of unbranched alkanes of at least 4 members (excludes halogenated alkanes) is 31. The van der Waals surface area contributed by atoms with E-state index in [1.807, 2.05) is 0 Å². The van der Waals surface area contributed by atoms with Gasteiger partial charge in [-0.1, -0.05) is 296 Å². The van der Waals surface area contributed by atoms with Crippen LogP contribution in [0.3, 0.4) is 0 Å². The van der Waals surface area contributed by atoms with Gasteiger partial charge < -0.3 is 14.2 Å². The van der Waals surface area contributed by atoms with Crippen molar-refractivity contribution in [3.8, 4) is 0 Å². The Labute approximate surface area is 507 Å². The molecular formula is C76H128O6. The fourth-order valence-corrected chi connectivity index (χ4v) is 9.57. The highest BCUT2D eigenvalue weighted by molar-refractivity contribution is 5.71. The minimum Gasteiger partial charge on any atom is -0.462 e. The summed E-state index contributed by atoms with van der Waals surface area (Å²) in [5.74, 6) is -0.894. The van der Waals surface area contributed by atoms with Gasteiger partial charge in [0, 0.05) is 19.3 Å². The van der Waals surface area contributed by atoms with Gasteiger partial charge in [0.25, 0.3) is 0 Å². The number of hydrogen-bond donors (Lipinski definition) is 0. The summed E-state index contributed by atoms with van der Waals surface area (Å²) in [5.41, 5.74) is 0. The minimum absolute atomic E-state index is 0.0836. The Morgan fingerprint density at radius 1 is 0.256 bits per heavy atom. The maximum Gasteiger partial charge on any atom is 0.306 e. The molecule has 0 amide bonds. The van der Waals surface area contributed by atoms with Crippen molar-refractivity contribution >= 4 is 17.9 Å². The van der Waals surface area contributed by atoms with Crippen LogP contribution in [-0.4, -0.2) is 37.2 Å². The number of esters is 3. The van der Waals surface area contributed by atoms with E-state index in [1.165, 1.54) is 154 Å². The molecule has 0 aromatic heterocycles. The van der Waals surface area contributed by atoms with E-state index in [4.69, 9.17) is 14.2 Å². The Hall–Kier alpha value is -4.19. The zero-order valence-electron chi connectivity index (χ0n) is 53.7. The summed E-state index contributed by atoms with van der Waals surface area (Å²) in [6.45, 7) is 6.40. The number of rotatable bonds is 62. The monoisotopic (exact) mass is 1140 g/mol. The van der Waals surface area contributed by atoms with Crippen molar-refractivity contribution in [2.75, 3.05) is 13.2 Å². The largest absolute Gasteiger partial charge is 0.462 e. The van der Waals surface area contributed by atoms with Crippen molar-refractivity contribution in [1.82, 2.24) is 0 Å². The smallest absolute Gasteiger partial charge is 0.306 e. The van der Waals surface area contributed by atoms with Gasteiger partial charge in [-0.15, -0.1) is 0 Å². The lowest BCUT2D eigenvalue weighted by Gasteiger charge is -2.18. The van der Waals surface area contributed by atoms with Crippen LogP contribution in [0.2, 0.25) is 0 Å². The van der Waals surface area contributed by atoms with Gasteiger partial charge in [0.05, 0.1) is 0 Å². The lowest BCUT2D eigenvalue weighted by Crippen LogP contribution is -2.30. The zero-order valence-corrected chi connectivity index (χ0v) is 53.7. The Morgan fingerprint density at radius 2 is 0.476 bits per heavy atom. The molecule has 0 aliphatic heterocycles. The Balaban J connectivity index is 4.16. The predicted octanol–water partition coefficient (Wildman–Crippen LogP) is 23.9. The molecule has 0 saturated heterocycles. The van der Waals surface area contributed by atoms with Crippen LogP contribution in [0.15, 0.2) is 122 Å². The molecule has 0 aliphatic carbocycles. The molecule has 6 nitrogen and oxygen atoms in total. The fraction of sp³-hybridized carbons (Fsp3) is 0.697. The summed E-state index contributed by atoms with van der Waals surface area (Å²) in [4.78, 5) is 38.3. The lowest BCUT2D eigenvalue weighted by molar-refractivity contribution is -0.167. The van der Waals surface area contributed by atoms with Crippen molar-refractivity contribution in [2.45, 2.75) is 329 Å². The zero-order chi connectivity index (χ0) is 59.2. The van der Waals surface area contributed by atoms with E-state index in [-0.39, 0.29) is 31.1 Å². The van der Waals surface area contributed by atoms with Crippen molar-refractivity contribution in [2.24, 2.45) is 0 Å². The van der Waals surface area contributed by atoms with Gasteiger partial charge in [0.2, 0.25) is 0 Å². The molecule has 0 aromatic carbocycles. The lowest BCUT2D eigenvalue weighted by atomic mass is 10.0. The summed E-state index contributed by atoms with van der Waals surface area (Å²) in [5, 5.41) is 0. The van der Waals surface area contributed by atoms with Crippen LogP contribution in [0, 0.1) is 0 Å². The number of carbonyl (C=O) groups is 3. The second kappa shape index (κ2) is 69.3. The highest BCUT2D eigenvalue weighted by Gasteiger charge is 2.19. The Bertz CT molecular complexity index is 1690. The first-order valence-electron chi connectivity index (χ1n) is 34.5. The van der Waals surface area contributed by atoms with Crippen molar-refractivity contribution in [1.29, 1.82) is 0 Å². The van der Waals surface area contributed by atoms with E-state index in [0.29, 0.717) is 19.3 Å². The Morgan fingerprint density at radius 3 is 0.756 bits per heavy atom. The number of allylic oxidation sites excluding steroid dienone is 20. The molecule has 0 aliphatic rings. The van der Waals surface area contributed by atoms with Crippen molar-refractivity contribution < 1.29 is 28.6 Å². The topological polar surface area (TPSA) is 78.9 Å². The molecule has 468 valence electrons. The van der Waals surface area contributed by atoms with Gasteiger partial charge in [0.1, 0.15) is 13.2 Å². The van der Waals surface area contributed by atoms with Crippen LogP contribution in [0.5, 0.6) is 0 Å². The van der Waals surface area contributed by atoms with E-state index in [0.717, 1.165) is 128 Å². The van der Waals surface area contributed by atoms with Crippen molar-refractivity contribution in [3.05, 3.63) is 122 Å². The van der Waals surface area contributed by atoms with Gasteiger partial charge in [-0.25, -0.2) is 0 Å². The molecule has 0 N–H and O–H groups in total. The molecule has 82 heavy (non-hydrogen) atoms. The first-order valence-corrected chi connectivity index (χ1v) is 34.5. The van der Waals surface area contributed by atoms with E-state index in [2.05, 4.69) is 142 Å². The van der Waals surface area contributed by atoms with Gasteiger partial charge >= 0.3 is 17.9 Å². The number of ether oxygens (including phenoxy) is 3.